The molecule has 0 bridgehead atoms. The highest BCUT2D eigenvalue weighted by Crippen LogP contribution is 2.28. The lowest BCUT2D eigenvalue weighted by Crippen LogP contribution is -2.41. The highest BCUT2D eigenvalue weighted by molar-refractivity contribution is 5.74. The summed E-state index contributed by atoms with van der Waals surface area (Å²) in [5.41, 5.74) is -0.0690. The predicted molar refractivity (Wildman–Crippen MR) is 71.2 cm³/mol. The van der Waals surface area contributed by atoms with Crippen LogP contribution in [-0.4, -0.2) is 12.1 Å². The highest BCUT2D eigenvalue weighted by atomic mass is 19.4. The van der Waals surface area contributed by atoms with Gasteiger partial charge in [-0.25, -0.2) is 4.79 Å². The molecule has 0 aromatic heterocycles. The molecule has 2 amide bonds. The van der Waals surface area contributed by atoms with Gasteiger partial charge in [-0.05, 0) is 30.5 Å². The Hall–Kier alpha value is -1.72. The van der Waals surface area contributed by atoms with E-state index in [1.165, 1.54) is 12.1 Å². The first-order chi connectivity index (χ1) is 9.36. The van der Waals surface area contributed by atoms with Gasteiger partial charge in [0.15, 0.2) is 0 Å². The Morgan fingerprint density at radius 2 is 1.70 bits per heavy atom. The number of urea groups is 1. The van der Waals surface area contributed by atoms with Crippen LogP contribution in [0.25, 0.3) is 0 Å². The lowest BCUT2D eigenvalue weighted by Gasteiger charge is -2.15. The molecule has 0 saturated carbocycles. The Kier molecular flexibility index (Phi) is 5.85. The van der Waals surface area contributed by atoms with Crippen LogP contribution in [0.15, 0.2) is 24.3 Å². The standard InChI is InChI=1S/C14H19F3N2O/c1-3-12(4-2)19-13(20)18-9-10-5-7-11(8-6-10)14(15,16)17/h5-8,12H,3-4,9H2,1-2H3,(H2,18,19,20). The summed E-state index contributed by atoms with van der Waals surface area (Å²) in [5.74, 6) is 0. The minimum Gasteiger partial charge on any atom is -0.335 e. The fourth-order valence-electron chi connectivity index (χ4n) is 1.72. The molecule has 0 heterocycles. The largest absolute Gasteiger partial charge is 0.416 e. The number of alkyl halides is 3. The van der Waals surface area contributed by atoms with Gasteiger partial charge in [0.25, 0.3) is 0 Å². The highest BCUT2D eigenvalue weighted by Gasteiger charge is 2.29. The van der Waals surface area contributed by atoms with E-state index in [2.05, 4.69) is 10.6 Å². The fraction of sp³-hybridized carbons (Fsp3) is 0.500. The molecule has 1 aromatic rings. The molecule has 112 valence electrons. The number of hydrogen-bond acceptors (Lipinski definition) is 1. The van der Waals surface area contributed by atoms with Crippen molar-refractivity contribution in [1.29, 1.82) is 0 Å². The van der Waals surface area contributed by atoms with Gasteiger partial charge < -0.3 is 10.6 Å². The van der Waals surface area contributed by atoms with E-state index >= 15 is 0 Å². The summed E-state index contributed by atoms with van der Waals surface area (Å²) in [7, 11) is 0. The normalized spacial score (nSPS) is 11.5. The molecule has 0 aliphatic heterocycles. The van der Waals surface area contributed by atoms with Gasteiger partial charge in [-0.3, -0.25) is 0 Å². The molecular weight excluding hydrogens is 269 g/mol. The van der Waals surface area contributed by atoms with E-state index in [0.717, 1.165) is 25.0 Å². The van der Waals surface area contributed by atoms with E-state index in [1.807, 2.05) is 13.8 Å². The molecule has 20 heavy (non-hydrogen) atoms. The van der Waals surface area contributed by atoms with E-state index in [-0.39, 0.29) is 18.6 Å². The van der Waals surface area contributed by atoms with Crippen LogP contribution in [0, 0.1) is 0 Å². The maximum absolute atomic E-state index is 12.4. The van der Waals surface area contributed by atoms with Crippen LogP contribution < -0.4 is 10.6 Å². The van der Waals surface area contributed by atoms with E-state index in [1.54, 1.807) is 0 Å². The van der Waals surface area contributed by atoms with E-state index in [4.69, 9.17) is 0 Å². The maximum atomic E-state index is 12.4. The van der Waals surface area contributed by atoms with Gasteiger partial charge in [0.2, 0.25) is 0 Å². The van der Waals surface area contributed by atoms with Crippen molar-refractivity contribution in [1.82, 2.24) is 10.6 Å². The molecule has 2 N–H and O–H groups in total. The molecule has 3 nitrogen and oxygen atoms in total. The smallest absolute Gasteiger partial charge is 0.335 e. The van der Waals surface area contributed by atoms with Crippen LogP contribution >= 0.6 is 0 Å². The topological polar surface area (TPSA) is 41.1 Å². The second kappa shape index (κ2) is 7.17. The first kappa shape index (κ1) is 16.3. The average molecular weight is 288 g/mol. The Bertz CT molecular complexity index is 425. The number of benzene rings is 1. The molecule has 1 aromatic carbocycles. The first-order valence-corrected chi connectivity index (χ1v) is 6.57. The minimum absolute atomic E-state index is 0.114. The minimum atomic E-state index is -4.33. The summed E-state index contributed by atoms with van der Waals surface area (Å²) in [6.45, 7) is 4.15. The van der Waals surface area contributed by atoms with Crippen LogP contribution in [0.5, 0.6) is 0 Å². The van der Waals surface area contributed by atoms with Gasteiger partial charge in [-0.15, -0.1) is 0 Å². The lowest BCUT2D eigenvalue weighted by molar-refractivity contribution is -0.137. The number of carbonyl (C=O) groups is 1. The second-order valence-corrected chi connectivity index (χ2v) is 4.54. The molecule has 6 heteroatoms. The number of hydrogen-bond donors (Lipinski definition) is 2. The van der Waals surface area contributed by atoms with Gasteiger partial charge in [0.05, 0.1) is 5.56 Å². The predicted octanol–water partition coefficient (Wildman–Crippen LogP) is 3.69. The maximum Gasteiger partial charge on any atom is 0.416 e. The molecule has 0 unspecified atom stereocenters. The summed E-state index contributed by atoms with van der Waals surface area (Å²) in [4.78, 5) is 11.6. The molecule has 0 aliphatic carbocycles. The van der Waals surface area contributed by atoms with E-state index in [9.17, 15) is 18.0 Å². The van der Waals surface area contributed by atoms with Crippen molar-refractivity contribution in [3.63, 3.8) is 0 Å². The molecule has 0 saturated heterocycles. The van der Waals surface area contributed by atoms with Gasteiger partial charge >= 0.3 is 12.2 Å². The summed E-state index contributed by atoms with van der Waals surface area (Å²) in [6, 6.07) is 4.55. The zero-order valence-electron chi connectivity index (χ0n) is 11.6. The van der Waals surface area contributed by atoms with Gasteiger partial charge in [-0.2, -0.15) is 13.2 Å². The Balaban J connectivity index is 2.48. The van der Waals surface area contributed by atoms with Crippen molar-refractivity contribution < 1.29 is 18.0 Å². The third-order valence-electron chi connectivity index (χ3n) is 3.06. The Labute approximate surface area is 116 Å². The fourth-order valence-corrected chi connectivity index (χ4v) is 1.72. The summed E-state index contributed by atoms with van der Waals surface area (Å²) >= 11 is 0. The molecule has 0 aliphatic rings. The summed E-state index contributed by atoms with van der Waals surface area (Å²) in [6.07, 6.45) is -2.66. The van der Waals surface area contributed by atoms with Gasteiger partial charge in [-0.1, -0.05) is 26.0 Å². The van der Waals surface area contributed by atoms with Crippen LogP contribution in [0.3, 0.4) is 0 Å². The molecule has 0 atom stereocenters. The molecule has 0 fully saturated rings. The van der Waals surface area contributed by atoms with Gasteiger partial charge in [0.1, 0.15) is 0 Å². The van der Waals surface area contributed by atoms with E-state index < -0.39 is 11.7 Å². The van der Waals surface area contributed by atoms with Crippen molar-refractivity contribution >= 4 is 6.03 Å². The Morgan fingerprint density at radius 1 is 1.15 bits per heavy atom. The number of rotatable bonds is 5. The zero-order valence-corrected chi connectivity index (χ0v) is 11.6. The number of carbonyl (C=O) groups excluding carboxylic acids is 1. The summed E-state index contributed by atoms with van der Waals surface area (Å²) in [5, 5.41) is 5.42. The number of nitrogens with one attached hydrogen (secondary N) is 2. The molecule has 1 rings (SSSR count). The van der Waals surface area contributed by atoms with Gasteiger partial charge in [0, 0.05) is 12.6 Å². The third-order valence-corrected chi connectivity index (χ3v) is 3.06. The first-order valence-electron chi connectivity index (χ1n) is 6.57. The van der Waals surface area contributed by atoms with Crippen LogP contribution in [0.2, 0.25) is 0 Å². The monoisotopic (exact) mass is 288 g/mol. The van der Waals surface area contributed by atoms with E-state index in [0.29, 0.717) is 5.56 Å². The lowest BCUT2D eigenvalue weighted by atomic mass is 10.1. The Morgan fingerprint density at radius 3 is 2.15 bits per heavy atom. The van der Waals surface area contributed by atoms with Crippen LogP contribution in [0.4, 0.5) is 18.0 Å². The zero-order chi connectivity index (χ0) is 15.2. The quantitative estimate of drug-likeness (QED) is 0.852. The second-order valence-electron chi connectivity index (χ2n) is 4.54. The molecular formula is C14H19F3N2O. The van der Waals surface area contributed by atoms with Crippen molar-refractivity contribution in [2.45, 2.75) is 45.5 Å². The molecule has 0 spiro atoms. The van der Waals surface area contributed by atoms with Crippen LogP contribution in [-0.2, 0) is 12.7 Å². The average Bonchev–Trinajstić information content (AvgIpc) is 2.42. The number of amides is 2. The van der Waals surface area contributed by atoms with Crippen molar-refractivity contribution in [3.8, 4) is 0 Å². The van der Waals surface area contributed by atoms with Crippen LogP contribution in [0.1, 0.15) is 37.8 Å². The third kappa shape index (κ3) is 5.11. The molecule has 0 radical (unpaired) electrons. The van der Waals surface area contributed by atoms with Crippen molar-refractivity contribution in [2.75, 3.05) is 0 Å². The van der Waals surface area contributed by atoms with Crippen molar-refractivity contribution in [2.24, 2.45) is 0 Å². The van der Waals surface area contributed by atoms with Crippen molar-refractivity contribution in [3.05, 3.63) is 35.4 Å². The number of halogens is 3. The SMILES string of the molecule is CCC(CC)NC(=O)NCc1ccc(C(F)(F)F)cc1. The summed E-state index contributed by atoms with van der Waals surface area (Å²) < 4.78 is 37.1.